The Morgan fingerprint density at radius 2 is 2.04 bits per heavy atom. The van der Waals surface area contributed by atoms with E-state index in [0.29, 0.717) is 12.4 Å². The molecule has 0 spiro atoms. The Morgan fingerprint density at radius 3 is 2.85 bits per heavy atom. The average molecular weight is 346 g/mol. The number of aromatic hydroxyl groups is 1. The van der Waals surface area contributed by atoms with E-state index in [-0.39, 0.29) is 5.75 Å². The molecule has 4 rings (SSSR count). The lowest BCUT2D eigenvalue weighted by molar-refractivity contribution is 0.217. The average Bonchev–Trinajstić information content (AvgIpc) is 2.84. The Morgan fingerprint density at radius 1 is 1.12 bits per heavy atom. The number of pyridine rings is 1. The van der Waals surface area contributed by atoms with Crippen LogP contribution < -0.4 is 4.74 Å². The Kier molecular flexibility index (Phi) is 4.59. The van der Waals surface area contributed by atoms with Crippen molar-refractivity contribution >= 4 is 0 Å². The number of benzene rings is 2. The summed E-state index contributed by atoms with van der Waals surface area (Å²) in [5.74, 6) is 0.775. The SMILES string of the molecule is Cc1cccc(CN2CCOc3c(O)cc(-c4ccccn4)cc3C2)c1. The molecule has 1 N–H and O–H groups in total. The molecular weight excluding hydrogens is 324 g/mol. The fraction of sp³-hybridized carbons (Fsp3) is 0.227. The summed E-state index contributed by atoms with van der Waals surface area (Å²) in [4.78, 5) is 6.74. The molecule has 3 aromatic rings. The lowest BCUT2D eigenvalue weighted by Crippen LogP contribution is -2.25. The number of ether oxygens (including phenoxy) is 1. The Labute approximate surface area is 153 Å². The summed E-state index contributed by atoms with van der Waals surface area (Å²) >= 11 is 0. The minimum absolute atomic E-state index is 0.181. The molecule has 2 heterocycles. The van der Waals surface area contributed by atoms with E-state index in [1.165, 1.54) is 11.1 Å². The molecule has 0 atom stereocenters. The number of nitrogens with zero attached hydrogens (tertiary/aromatic N) is 2. The van der Waals surface area contributed by atoms with Gasteiger partial charge in [0.1, 0.15) is 6.61 Å². The third kappa shape index (κ3) is 3.55. The number of phenols is 1. The van der Waals surface area contributed by atoms with E-state index < -0.39 is 0 Å². The van der Waals surface area contributed by atoms with Gasteiger partial charge in [0.25, 0.3) is 0 Å². The Balaban J connectivity index is 1.63. The smallest absolute Gasteiger partial charge is 0.165 e. The van der Waals surface area contributed by atoms with Crippen LogP contribution in [0.15, 0.2) is 60.8 Å². The summed E-state index contributed by atoms with van der Waals surface area (Å²) < 4.78 is 5.85. The molecular formula is C22H22N2O2. The highest BCUT2D eigenvalue weighted by atomic mass is 16.5. The van der Waals surface area contributed by atoms with E-state index in [1.54, 1.807) is 12.3 Å². The first kappa shape index (κ1) is 16.6. The van der Waals surface area contributed by atoms with Crippen LogP contribution in [0.4, 0.5) is 0 Å². The van der Waals surface area contributed by atoms with Gasteiger partial charge >= 0.3 is 0 Å². The maximum absolute atomic E-state index is 10.5. The van der Waals surface area contributed by atoms with Crippen LogP contribution in [0.1, 0.15) is 16.7 Å². The van der Waals surface area contributed by atoms with Gasteiger partial charge in [0.2, 0.25) is 0 Å². The van der Waals surface area contributed by atoms with Crippen molar-refractivity contribution in [2.24, 2.45) is 0 Å². The predicted molar refractivity (Wildman–Crippen MR) is 102 cm³/mol. The number of aromatic nitrogens is 1. The normalized spacial score (nSPS) is 14.3. The highest BCUT2D eigenvalue weighted by Crippen LogP contribution is 2.37. The van der Waals surface area contributed by atoms with Crippen LogP contribution in [0.2, 0.25) is 0 Å². The maximum atomic E-state index is 10.5. The number of phenolic OH excluding ortho intramolecular Hbond substituents is 1. The van der Waals surface area contributed by atoms with Crippen molar-refractivity contribution in [2.75, 3.05) is 13.2 Å². The first-order valence-electron chi connectivity index (χ1n) is 8.87. The molecule has 0 fully saturated rings. The van der Waals surface area contributed by atoms with Crippen molar-refractivity contribution in [1.29, 1.82) is 0 Å². The van der Waals surface area contributed by atoms with Crippen molar-refractivity contribution in [1.82, 2.24) is 9.88 Å². The maximum Gasteiger partial charge on any atom is 0.165 e. The van der Waals surface area contributed by atoms with Crippen LogP contribution in [-0.4, -0.2) is 28.1 Å². The Bertz CT molecular complexity index is 909. The van der Waals surface area contributed by atoms with Gasteiger partial charge in [0.05, 0.1) is 5.69 Å². The lowest BCUT2D eigenvalue weighted by atomic mass is 10.0. The molecule has 0 radical (unpaired) electrons. The van der Waals surface area contributed by atoms with E-state index >= 15 is 0 Å². The third-order valence-electron chi connectivity index (χ3n) is 4.64. The number of rotatable bonds is 3. The fourth-order valence-corrected chi connectivity index (χ4v) is 3.44. The van der Waals surface area contributed by atoms with Gasteiger partial charge in [0.15, 0.2) is 11.5 Å². The summed E-state index contributed by atoms with van der Waals surface area (Å²) in [6.45, 7) is 5.09. The van der Waals surface area contributed by atoms with E-state index in [0.717, 1.165) is 36.5 Å². The minimum atomic E-state index is 0.181. The van der Waals surface area contributed by atoms with Gasteiger partial charge in [-0.1, -0.05) is 35.9 Å². The molecule has 0 amide bonds. The monoisotopic (exact) mass is 346 g/mol. The van der Waals surface area contributed by atoms with Gasteiger partial charge < -0.3 is 9.84 Å². The molecule has 1 aliphatic rings. The molecule has 2 aromatic carbocycles. The molecule has 0 aliphatic carbocycles. The van der Waals surface area contributed by atoms with Gasteiger partial charge in [-0.2, -0.15) is 0 Å². The van der Waals surface area contributed by atoms with Gasteiger partial charge in [-0.25, -0.2) is 0 Å². The lowest BCUT2D eigenvalue weighted by Gasteiger charge is -2.20. The summed E-state index contributed by atoms with van der Waals surface area (Å²) in [6.07, 6.45) is 1.76. The van der Waals surface area contributed by atoms with Crippen LogP contribution in [0.25, 0.3) is 11.3 Å². The summed E-state index contributed by atoms with van der Waals surface area (Å²) in [7, 11) is 0. The molecule has 0 unspecified atom stereocenters. The topological polar surface area (TPSA) is 45.6 Å². The molecule has 0 saturated heterocycles. The zero-order valence-electron chi connectivity index (χ0n) is 14.9. The number of aryl methyl sites for hydroxylation is 1. The first-order chi connectivity index (χ1) is 12.7. The third-order valence-corrected chi connectivity index (χ3v) is 4.64. The van der Waals surface area contributed by atoms with Crippen molar-refractivity contribution in [3.63, 3.8) is 0 Å². The van der Waals surface area contributed by atoms with Crippen LogP contribution in [0, 0.1) is 6.92 Å². The Hall–Kier alpha value is -2.85. The molecule has 0 saturated carbocycles. The van der Waals surface area contributed by atoms with E-state index in [2.05, 4.69) is 47.1 Å². The number of hydrogen-bond acceptors (Lipinski definition) is 4. The second-order valence-corrected chi connectivity index (χ2v) is 6.75. The minimum Gasteiger partial charge on any atom is -0.504 e. The molecule has 0 bridgehead atoms. The van der Waals surface area contributed by atoms with Crippen LogP contribution in [-0.2, 0) is 13.1 Å². The van der Waals surface area contributed by atoms with Crippen LogP contribution in [0.5, 0.6) is 11.5 Å². The molecule has 4 nitrogen and oxygen atoms in total. The van der Waals surface area contributed by atoms with Crippen LogP contribution >= 0.6 is 0 Å². The van der Waals surface area contributed by atoms with Gasteiger partial charge in [-0.05, 0) is 36.8 Å². The number of hydrogen-bond donors (Lipinski definition) is 1. The summed E-state index contributed by atoms with van der Waals surface area (Å²) in [5, 5.41) is 10.5. The largest absolute Gasteiger partial charge is 0.504 e. The zero-order valence-corrected chi connectivity index (χ0v) is 14.9. The highest BCUT2D eigenvalue weighted by molar-refractivity contribution is 5.66. The fourth-order valence-electron chi connectivity index (χ4n) is 3.44. The van der Waals surface area contributed by atoms with Crippen LogP contribution in [0.3, 0.4) is 0 Å². The zero-order chi connectivity index (χ0) is 17.9. The molecule has 1 aromatic heterocycles. The first-order valence-corrected chi connectivity index (χ1v) is 8.87. The van der Waals surface area contributed by atoms with Gasteiger partial charge in [-0.3, -0.25) is 9.88 Å². The van der Waals surface area contributed by atoms with Gasteiger partial charge in [-0.15, -0.1) is 0 Å². The molecule has 26 heavy (non-hydrogen) atoms. The molecule has 132 valence electrons. The molecule has 1 aliphatic heterocycles. The summed E-state index contributed by atoms with van der Waals surface area (Å²) in [5.41, 5.74) is 5.31. The quantitative estimate of drug-likeness (QED) is 0.774. The van der Waals surface area contributed by atoms with Crippen molar-refractivity contribution in [2.45, 2.75) is 20.0 Å². The second-order valence-electron chi connectivity index (χ2n) is 6.75. The van der Waals surface area contributed by atoms with E-state index in [4.69, 9.17) is 4.74 Å². The second kappa shape index (κ2) is 7.18. The molecule has 4 heteroatoms. The summed E-state index contributed by atoms with van der Waals surface area (Å²) in [6, 6.07) is 18.2. The van der Waals surface area contributed by atoms with E-state index in [1.807, 2.05) is 18.2 Å². The van der Waals surface area contributed by atoms with Crippen molar-refractivity contribution in [3.05, 3.63) is 77.5 Å². The van der Waals surface area contributed by atoms with Gasteiger partial charge in [0, 0.05) is 37.0 Å². The van der Waals surface area contributed by atoms with Crippen molar-refractivity contribution in [3.8, 4) is 22.8 Å². The number of fused-ring (bicyclic) bond motifs is 1. The van der Waals surface area contributed by atoms with Crippen molar-refractivity contribution < 1.29 is 9.84 Å². The standard InChI is InChI=1S/C22H22N2O2/c1-16-5-4-6-17(11-16)14-24-9-10-26-22-19(15-24)12-18(13-21(22)25)20-7-2-3-8-23-20/h2-8,11-13,25H,9-10,14-15H2,1H3. The van der Waals surface area contributed by atoms with E-state index in [9.17, 15) is 5.11 Å². The predicted octanol–water partition coefficient (Wildman–Crippen LogP) is 4.16. The highest BCUT2D eigenvalue weighted by Gasteiger charge is 2.20.